The van der Waals surface area contributed by atoms with E-state index in [0.29, 0.717) is 64.5 Å². The predicted octanol–water partition coefficient (Wildman–Crippen LogP) is 8.24. The average Bonchev–Trinajstić information content (AvgIpc) is 3.93. The molecule has 4 heterocycles. The SMILES string of the molecule is COC(=O)c1nc(N2CCc3cccc(C(=O)/N=c4/sc5ccccc5n4COCC[Si](C)(C)C)c3C2)sc1COc1ccc(-c2nn(C(=O)OC(C)(C)C)c(N)c2C#N)cc1. The van der Waals surface area contributed by atoms with Crippen LogP contribution in [0.5, 0.6) is 5.75 Å². The number of carbonyl (C=O) groups is 3. The summed E-state index contributed by atoms with van der Waals surface area (Å²) in [5.74, 6) is -0.603. The molecule has 322 valence electrons. The minimum absolute atomic E-state index is 0.00911. The first-order valence-corrected chi connectivity index (χ1v) is 25.3. The molecule has 18 heteroatoms. The molecule has 1 amide bonds. The van der Waals surface area contributed by atoms with Crippen LogP contribution in [0.3, 0.4) is 0 Å². The number of esters is 1. The summed E-state index contributed by atoms with van der Waals surface area (Å²) < 4.78 is 26.6. The van der Waals surface area contributed by atoms with Gasteiger partial charge in [-0.3, -0.25) is 9.36 Å². The summed E-state index contributed by atoms with van der Waals surface area (Å²) >= 11 is 2.77. The minimum atomic E-state index is -1.28. The van der Waals surface area contributed by atoms with Gasteiger partial charge in [0.2, 0.25) is 0 Å². The van der Waals surface area contributed by atoms with E-state index in [4.69, 9.17) is 29.7 Å². The molecule has 0 fully saturated rings. The van der Waals surface area contributed by atoms with Crippen molar-refractivity contribution in [3.05, 3.63) is 104 Å². The highest BCUT2D eigenvalue weighted by Crippen LogP contribution is 2.34. The molecule has 3 aromatic heterocycles. The van der Waals surface area contributed by atoms with Gasteiger partial charge >= 0.3 is 12.1 Å². The van der Waals surface area contributed by atoms with E-state index in [9.17, 15) is 19.6 Å². The van der Waals surface area contributed by atoms with E-state index in [1.54, 1.807) is 45.0 Å². The van der Waals surface area contributed by atoms with E-state index in [-0.39, 0.29) is 35.3 Å². The fourth-order valence-electron chi connectivity index (χ4n) is 6.73. The Labute approximate surface area is 368 Å². The van der Waals surface area contributed by atoms with Gasteiger partial charge in [-0.05, 0) is 86.8 Å². The largest absolute Gasteiger partial charge is 0.488 e. The lowest BCUT2D eigenvalue weighted by Gasteiger charge is -2.29. The molecule has 0 atom stereocenters. The van der Waals surface area contributed by atoms with Crippen molar-refractivity contribution in [1.29, 1.82) is 5.26 Å². The molecule has 7 rings (SSSR count). The van der Waals surface area contributed by atoms with Gasteiger partial charge in [0.1, 0.15) is 42.0 Å². The first-order chi connectivity index (χ1) is 29.5. The summed E-state index contributed by atoms with van der Waals surface area (Å²) in [6, 6.07) is 23.5. The summed E-state index contributed by atoms with van der Waals surface area (Å²) in [6.07, 6.45) is -0.142. The smallest absolute Gasteiger partial charge is 0.437 e. The van der Waals surface area contributed by atoms with E-state index in [1.165, 1.54) is 29.8 Å². The van der Waals surface area contributed by atoms with Crippen LogP contribution in [-0.2, 0) is 40.5 Å². The van der Waals surface area contributed by atoms with E-state index >= 15 is 0 Å². The number of hydrogen-bond acceptors (Lipinski definition) is 14. The maximum atomic E-state index is 14.1. The van der Waals surface area contributed by atoms with Gasteiger partial charge in [-0.25, -0.2) is 14.6 Å². The Bertz CT molecular complexity index is 2770. The van der Waals surface area contributed by atoms with Crippen LogP contribution in [0.15, 0.2) is 71.7 Å². The molecule has 0 aliphatic carbocycles. The second-order valence-corrected chi connectivity index (χ2v) is 24.5. The van der Waals surface area contributed by atoms with Gasteiger partial charge in [0, 0.05) is 38.9 Å². The van der Waals surface area contributed by atoms with Gasteiger partial charge in [-0.2, -0.15) is 15.4 Å². The monoisotopic (exact) mass is 892 g/mol. The van der Waals surface area contributed by atoms with Gasteiger partial charge < -0.3 is 29.6 Å². The highest BCUT2D eigenvalue weighted by atomic mass is 32.1. The molecular weight excluding hydrogens is 845 g/mol. The van der Waals surface area contributed by atoms with Crippen LogP contribution in [0.2, 0.25) is 25.7 Å². The third-order valence-electron chi connectivity index (χ3n) is 9.94. The van der Waals surface area contributed by atoms with Gasteiger partial charge in [0.05, 0.1) is 22.2 Å². The molecule has 2 N–H and O–H groups in total. The molecule has 0 saturated carbocycles. The summed E-state index contributed by atoms with van der Waals surface area (Å²) in [7, 11) is 0.0202. The number of fused-ring (bicyclic) bond motifs is 2. The Morgan fingerprint density at radius 2 is 1.77 bits per heavy atom. The summed E-state index contributed by atoms with van der Waals surface area (Å²) in [4.78, 5) is 52.4. The number of hydrogen-bond donors (Lipinski definition) is 1. The van der Waals surface area contributed by atoms with E-state index in [0.717, 1.165) is 32.1 Å². The predicted molar refractivity (Wildman–Crippen MR) is 241 cm³/mol. The van der Waals surface area contributed by atoms with Crippen LogP contribution in [0.4, 0.5) is 15.7 Å². The molecule has 62 heavy (non-hydrogen) atoms. The molecule has 0 bridgehead atoms. The number of benzene rings is 3. The molecule has 0 unspecified atom stereocenters. The number of rotatable bonds is 12. The van der Waals surface area contributed by atoms with Crippen molar-refractivity contribution in [2.75, 3.05) is 30.9 Å². The van der Waals surface area contributed by atoms with Crippen LogP contribution in [0, 0.1) is 11.3 Å². The second kappa shape index (κ2) is 18.1. The van der Waals surface area contributed by atoms with E-state index in [1.807, 2.05) is 53.1 Å². The molecule has 15 nitrogen and oxygen atoms in total. The lowest BCUT2D eigenvalue weighted by molar-refractivity contribution is 0.0518. The Morgan fingerprint density at radius 1 is 1.02 bits per heavy atom. The lowest BCUT2D eigenvalue weighted by Crippen LogP contribution is -2.31. The summed E-state index contributed by atoms with van der Waals surface area (Å²) in [5, 5.41) is 14.7. The van der Waals surface area contributed by atoms with Crippen molar-refractivity contribution in [1.82, 2.24) is 19.3 Å². The number of aromatic nitrogens is 4. The number of anilines is 2. The van der Waals surface area contributed by atoms with E-state index < -0.39 is 25.7 Å². The number of nitrogens with two attached hydrogens (primary N) is 1. The number of carbonyl (C=O) groups excluding carboxylic acids is 3. The molecule has 0 radical (unpaired) electrons. The quantitative estimate of drug-likeness (QED) is 0.0705. The topological polar surface area (TPSA) is 189 Å². The first kappa shape index (κ1) is 43.9. The normalized spacial score (nSPS) is 13.2. The third kappa shape index (κ3) is 9.81. The van der Waals surface area contributed by atoms with E-state index in [2.05, 4.69) is 34.6 Å². The number of nitrogens with zero attached hydrogens (tertiary/aromatic N) is 7. The third-order valence-corrected chi connectivity index (χ3v) is 13.8. The van der Waals surface area contributed by atoms with Crippen molar-refractivity contribution >= 4 is 69.9 Å². The Kier molecular flexibility index (Phi) is 12.8. The molecule has 0 saturated heterocycles. The Hall–Kier alpha value is -6.13. The van der Waals surface area contributed by atoms with Crippen molar-refractivity contribution < 1.29 is 33.3 Å². The fourth-order valence-corrected chi connectivity index (χ4v) is 9.49. The molecule has 0 spiro atoms. The molecule has 6 aromatic rings. The Morgan fingerprint density at radius 3 is 2.48 bits per heavy atom. The molecule has 1 aliphatic rings. The van der Waals surface area contributed by atoms with Crippen molar-refractivity contribution in [3.63, 3.8) is 0 Å². The molecular formula is C44H48N8O7S2Si. The number of thiazole rings is 2. The Balaban J connectivity index is 1.09. The first-order valence-electron chi connectivity index (χ1n) is 20.0. The number of para-hydroxylation sites is 1. The highest BCUT2D eigenvalue weighted by Gasteiger charge is 2.28. The molecule has 1 aliphatic heterocycles. The van der Waals surface area contributed by atoms with Gasteiger partial charge in [0.25, 0.3) is 5.91 Å². The number of ether oxygens (including phenoxy) is 4. The molecule has 3 aromatic carbocycles. The second-order valence-electron chi connectivity index (χ2n) is 16.8. The lowest BCUT2D eigenvalue weighted by atomic mass is 9.95. The van der Waals surface area contributed by atoms with Crippen molar-refractivity contribution in [2.24, 2.45) is 4.99 Å². The van der Waals surface area contributed by atoms with Crippen LogP contribution >= 0.6 is 22.7 Å². The zero-order chi connectivity index (χ0) is 44.3. The zero-order valence-electron chi connectivity index (χ0n) is 35.7. The minimum Gasteiger partial charge on any atom is -0.488 e. The van der Waals surface area contributed by atoms with Gasteiger partial charge in [-0.1, -0.05) is 66.6 Å². The summed E-state index contributed by atoms with van der Waals surface area (Å²) in [6.45, 7) is 14.0. The zero-order valence-corrected chi connectivity index (χ0v) is 38.3. The van der Waals surface area contributed by atoms with Crippen molar-refractivity contribution in [2.45, 2.75) is 78.4 Å². The maximum absolute atomic E-state index is 14.1. The number of nitrogen functional groups attached to an aromatic ring is 1. The van der Waals surface area contributed by atoms with Gasteiger partial charge in [0.15, 0.2) is 21.4 Å². The number of methoxy groups -OCH3 is 1. The maximum Gasteiger partial charge on any atom is 0.437 e. The van der Waals surface area contributed by atoms with Crippen molar-refractivity contribution in [3.8, 4) is 23.1 Å². The standard InChI is InChI=1S/C44H48N8O7S2Si/c1-44(2,3)59-43(55)52-38(46)31(23-45)36(49-52)28-15-17-29(18-16-28)58-25-35-37(40(54)56-4)47-41(61-35)50-20-19-27-11-10-12-30(32(27)24-50)39(53)48-42-51(26-57-21-22-62(5,6)7)33-13-8-9-14-34(33)60-42/h8-18H,19-22,24-26,46H2,1-7H3/b48-42+. The fraction of sp³-hybridized carbons (Fsp3) is 0.341. The number of amides is 1. The van der Waals surface area contributed by atoms with Crippen LogP contribution < -0.4 is 20.2 Å². The van der Waals surface area contributed by atoms with Crippen LogP contribution in [-0.4, -0.2) is 71.2 Å². The highest BCUT2D eigenvalue weighted by molar-refractivity contribution is 7.16. The average molecular weight is 893 g/mol. The summed E-state index contributed by atoms with van der Waals surface area (Å²) in [5.41, 5.74) is 9.63. The van der Waals surface area contributed by atoms with Crippen LogP contribution in [0.1, 0.15) is 63.2 Å². The van der Waals surface area contributed by atoms with Gasteiger partial charge in [-0.15, -0.1) is 4.68 Å². The number of nitriles is 1. The van der Waals surface area contributed by atoms with Crippen LogP contribution in [0.25, 0.3) is 21.5 Å².